The Bertz CT molecular complexity index is 179. The second kappa shape index (κ2) is 7.25. The van der Waals surface area contributed by atoms with E-state index in [-0.39, 0.29) is 6.10 Å². The van der Waals surface area contributed by atoms with Crippen molar-refractivity contribution in [2.45, 2.75) is 52.2 Å². The van der Waals surface area contributed by atoms with Crippen LogP contribution < -0.4 is 0 Å². The molecule has 2 saturated heterocycles. The van der Waals surface area contributed by atoms with E-state index in [4.69, 9.17) is 0 Å². The van der Waals surface area contributed by atoms with Gasteiger partial charge in [0.05, 0.1) is 6.10 Å². The third-order valence-corrected chi connectivity index (χ3v) is 3.72. The van der Waals surface area contributed by atoms with Crippen LogP contribution in [0.1, 0.15) is 40.0 Å². The molecule has 1 unspecified atom stereocenters. The van der Waals surface area contributed by atoms with Crippen LogP contribution in [0, 0.1) is 0 Å². The van der Waals surface area contributed by atoms with Crippen molar-refractivity contribution in [2.75, 3.05) is 32.7 Å². The van der Waals surface area contributed by atoms with E-state index in [1.54, 1.807) is 0 Å². The van der Waals surface area contributed by atoms with Crippen LogP contribution in [0.2, 0.25) is 0 Å². The summed E-state index contributed by atoms with van der Waals surface area (Å²) in [7, 11) is 0. The first-order chi connectivity index (χ1) is 7.79. The fraction of sp³-hybridized carbons (Fsp3) is 1.00. The van der Waals surface area contributed by atoms with Crippen molar-refractivity contribution >= 4 is 0 Å². The molecule has 1 atom stereocenters. The van der Waals surface area contributed by atoms with E-state index < -0.39 is 0 Å². The maximum Gasteiger partial charge on any atom is 0.0679 e. The molecule has 0 spiro atoms. The Balaban J connectivity index is 0.000000606. The molecule has 0 saturated carbocycles. The quantitative estimate of drug-likeness (QED) is 0.777. The van der Waals surface area contributed by atoms with Crippen LogP contribution in [0.4, 0.5) is 0 Å². The van der Waals surface area contributed by atoms with Crippen molar-refractivity contribution in [1.82, 2.24) is 9.80 Å². The number of piperidine rings is 1. The molecule has 2 aliphatic heterocycles. The monoisotopic (exact) mass is 228 g/mol. The first-order valence-electron chi connectivity index (χ1n) is 6.94. The average Bonchev–Trinajstić information content (AvgIpc) is 2.79. The SMILES string of the molecule is CC.CCN1CCC(N2CCC(O)C2)CC1. The molecule has 96 valence electrons. The first kappa shape index (κ1) is 13.9. The predicted octanol–water partition coefficient (Wildman–Crippen LogP) is 1.56. The lowest BCUT2D eigenvalue weighted by Crippen LogP contribution is -2.44. The van der Waals surface area contributed by atoms with Gasteiger partial charge in [-0.05, 0) is 38.9 Å². The Morgan fingerprint density at radius 3 is 2.12 bits per heavy atom. The number of β-amino-alcohol motifs (C(OH)–C–C–N with tert-alkyl or cyclic N) is 1. The van der Waals surface area contributed by atoms with E-state index in [1.165, 1.54) is 32.5 Å². The molecule has 2 rings (SSSR count). The lowest BCUT2D eigenvalue weighted by Gasteiger charge is -2.36. The molecule has 2 fully saturated rings. The van der Waals surface area contributed by atoms with E-state index in [1.807, 2.05) is 13.8 Å². The summed E-state index contributed by atoms with van der Waals surface area (Å²) in [5, 5.41) is 9.48. The van der Waals surface area contributed by atoms with Crippen molar-refractivity contribution < 1.29 is 5.11 Å². The van der Waals surface area contributed by atoms with Gasteiger partial charge in [0.25, 0.3) is 0 Å². The molecule has 0 bridgehead atoms. The summed E-state index contributed by atoms with van der Waals surface area (Å²) < 4.78 is 0. The summed E-state index contributed by atoms with van der Waals surface area (Å²) in [4.78, 5) is 5.00. The van der Waals surface area contributed by atoms with Gasteiger partial charge in [-0.25, -0.2) is 0 Å². The van der Waals surface area contributed by atoms with E-state index >= 15 is 0 Å². The van der Waals surface area contributed by atoms with Gasteiger partial charge in [-0.2, -0.15) is 0 Å². The van der Waals surface area contributed by atoms with Gasteiger partial charge in [-0.1, -0.05) is 20.8 Å². The molecular formula is C13H28N2O. The summed E-state index contributed by atoms with van der Waals surface area (Å²) in [5.74, 6) is 0. The molecule has 0 amide bonds. The smallest absolute Gasteiger partial charge is 0.0679 e. The highest BCUT2D eigenvalue weighted by molar-refractivity contribution is 4.84. The molecule has 16 heavy (non-hydrogen) atoms. The van der Waals surface area contributed by atoms with Crippen LogP contribution in [0.3, 0.4) is 0 Å². The Morgan fingerprint density at radius 2 is 1.69 bits per heavy atom. The minimum absolute atomic E-state index is 0.0563. The summed E-state index contributed by atoms with van der Waals surface area (Å²) in [6.07, 6.45) is 3.51. The molecule has 2 heterocycles. The summed E-state index contributed by atoms with van der Waals surface area (Å²) in [6.45, 7) is 11.9. The van der Waals surface area contributed by atoms with Crippen molar-refractivity contribution in [3.8, 4) is 0 Å². The van der Waals surface area contributed by atoms with E-state index in [0.717, 1.165) is 25.6 Å². The number of hydrogen-bond acceptors (Lipinski definition) is 3. The Hall–Kier alpha value is -0.120. The van der Waals surface area contributed by atoms with E-state index in [2.05, 4.69) is 16.7 Å². The highest BCUT2D eigenvalue weighted by Crippen LogP contribution is 2.20. The van der Waals surface area contributed by atoms with Gasteiger partial charge >= 0.3 is 0 Å². The molecule has 2 aliphatic rings. The van der Waals surface area contributed by atoms with Crippen molar-refractivity contribution in [2.24, 2.45) is 0 Å². The van der Waals surface area contributed by atoms with Crippen LogP contribution in [0.5, 0.6) is 0 Å². The molecular weight excluding hydrogens is 200 g/mol. The Kier molecular flexibility index (Phi) is 6.32. The molecule has 0 radical (unpaired) electrons. The van der Waals surface area contributed by atoms with Gasteiger partial charge in [0.1, 0.15) is 0 Å². The van der Waals surface area contributed by atoms with Gasteiger partial charge < -0.3 is 10.0 Å². The number of rotatable bonds is 2. The molecule has 0 aromatic carbocycles. The zero-order valence-corrected chi connectivity index (χ0v) is 11.2. The van der Waals surface area contributed by atoms with Crippen LogP contribution in [-0.4, -0.2) is 59.8 Å². The largest absolute Gasteiger partial charge is 0.392 e. The maximum absolute atomic E-state index is 9.48. The average molecular weight is 228 g/mol. The fourth-order valence-electron chi connectivity index (χ4n) is 2.70. The highest BCUT2D eigenvalue weighted by atomic mass is 16.3. The predicted molar refractivity (Wildman–Crippen MR) is 68.7 cm³/mol. The molecule has 1 N–H and O–H groups in total. The molecule has 0 aromatic rings. The summed E-state index contributed by atoms with van der Waals surface area (Å²) in [5.41, 5.74) is 0. The van der Waals surface area contributed by atoms with Gasteiger partial charge in [-0.15, -0.1) is 0 Å². The minimum atomic E-state index is -0.0563. The van der Waals surface area contributed by atoms with E-state index in [0.29, 0.717) is 0 Å². The van der Waals surface area contributed by atoms with Gasteiger partial charge in [0, 0.05) is 19.1 Å². The van der Waals surface area contributed by atoms with Gasteiger partial charge in [0.2, 0.25) is 0 Å². The number of likely N-dealkylation sites (tertiary alicyclic amines) is 2. The lowest BCUT2D eigenvalue weighted by molar-refractivity contribution is 0.111. The lowest BCUT2D eigenvalue weighted by atomic mass is 10.0. The normalized spacial score (nSPS) is 28.9. The first-order valence-corrected chi connectivity index (χ1v) is 6.94. The minimum Gasteiger partial charge on any atom is -0.392 e. The number of aliphatic hydroxyl groups is 1. The van der Waals surface area contributed by atoms with Crippen LogP contribution >= 0.6 is 0 Å². The zero-order chi connectivity index (χ0) is 12.0. The van der Waals surface area contributed by atoms with Crippen molar-refractivity contribution in [3.63, 3.8) is 0 Å². The molecule has 3 heteroatoms. The zero-order valence-electron chi connectivity index (χ0n) is 11.2. The maximum atomic E-state index is 9.48. The third kappa shape index (κ3) is 3.72. The standard InChI is InChI=1S/C11H22N2O.C2H6/c1-2-12-6-3-10(4-7-12)13-8-5-11(14)9-13;1-2/h10-11,14H,2-9H2,1H3;1-2H3. The summed E-state index contributed by atoms with van der Waals surface area (Å²) >= 11 is 0. The number of nitrogens with zero attached hydrogens (tertiary/aromatic N) is 2. The second-order valence-corrected chi connectivity index (χ2v) is 4.60. The second-order valence-electron chi connectivity index (χ2n) is 4.60. The van der Waals surface area contributed by atoms with Gasteiger partial charge in [-0.3, -0.25) is 4.90 Å². The van der Waals surface area contributed by atoms with Crippen molar-refractivity contribution in [3.05, 3.63) is 0 Å². The topological polar surface area (TPSA) is 26.7 Å². The summed E-state index contributed by atoms with van der Waals surface area (Å²) in [6, 6.07) is 0.745. The Morgan fingerprint density at radius 1 is 1.06 bits per heavy atom. The molecule has 0 aliphatic carbocycles. The highest BCUT2D eigenvalue weighted by Gasteiger charge is 2.29. The fourth-order valence-corrected chi connectivity index (χ4v) is 2.70. The van der Waals surface area contributed by atoms with Gasteiger partial charge in [0.15, 0.2) is 0 Å². The molecule has 0 aromatic heterocycles. The number of hydrogen-bond donors (Lipinski definition) is 1. The van der Waals surface area contributed by atoms with Crippen molar-refractivity contribution in [1.29, 1.82) is 0 Å². The Labute approximate surface area is 100 Å². The van der Waals surface area contributed by atoms with Crippen LogP contribution in [0.25, 0.3) is 0 Å². The number of aliphatic hydroxyl groups excluding tert-OH is 1. The van der Waals surface area contributed by atoms with Crippen LogP contribution in [0.15, 0.2) is 0 Å². The third-order valence-electron chi connectivity index (χ3n) is 3.72. The van der Waals surface area contributed by atoms with Crippen LogP contribution in [-0.2, 0) is 0 Å². The van der Waals surface area contributed by atoms with E-state index in [9.17, 15) is 5.11 Å². The molecule has 3 nitrogen and oxygen atoms in total.